The van der Waals surface area contributed by atoms with Crippen LogP contribution in [0.15, 0.2) is 30.3 Å². The molecule has 2 rings (SSSR count). The molecule has 174 valence electrons. The summed E-state index contributed by atoms with van der Waals surface area (Å²) in [6, 6.07) is 7.93. The summed E-state index contributed by atoms with van der Waals surface area (Å²) in [6.45, 7) is 9.77. The third-order valence-electron chi connectivity index (χ3n) is 5.01. The van der Waals surface area contributed by atoms with Crippen molar-refractivity contribution in [2.45, 2.75) is 47.2 Å². The Labute approximate surface area is 205 Å². The smallest absolute Gasteiger partial charge is 0.261 e. The SMILES string of the molecule is Cc1cc(OCC(=O)N(Cc2c(Cl)cccc2Cl)[C@@H](C)C(=O)NCC(C)C)cc(C)c1Cl. The van der Waals surface area contributed by atoms with Crippen molar-refractivity contribution in [2.24, 2.45) is 5.92 Å². The van der Waals surface area contributed by atoms with E-state index in [1.54, 1.807) is 37.3 Å². The normalized spacial score (nSPS) is 11.9. The lowest BCUT2D eigenvalue weighted by Gasteiger charge is -2.29. The number of aryl methyl sites for hydroxylation is 2. The molecule has 0 aliphatic rings. The number of hydrogen-bond acceptors (Lipinski definition) is 3. The van der Waals surface area contributed by atoms with E-state index in [4.69, 9.17) is 39.5 Å². The maximum absolute atomic E-state index is 13.2. The Bertz CT molecular complexity index is 936. The van der Waals surface area contributed by atoms with Crippen molar-refractivity contribution < 1.29 is 14.3 Å². The molecule has 0 aliphatic heterocycles. The summed E-state index contributed by atoms with van der Waals surface area (Å²) < 4.78 is 5.74. The van der Waals surface area contributed by atoms with Gasteiger partial charge in [-0.05, 0) is 62.1 Å². The predicted molar refractivity (Wildman–Crippen MR) is 131 cm³/mol. The van der Waals surface area contributed by atoms with Gasteiger partial charge >= 0.3 is 0 Å². The zero-order valence-corrected chi connectivity index (χ0v) is 21.2. The molecule has 0 bridgehead atoms. The summed E-state index contributed by atoms with van der Waals surface area (Å²) in [4.78, 5) is 27.3. The first-order chi connectivity index (χ1) is 15.0. The number of hydrogen-bond donors (Lipinski definition) is 1. The fourth-order valence-corrected chi connectivity index (χ4v) is 3.73. The standard InChI is InChI=1S/C24H29Cl3N2O3/c1-14(2)11-28-24(31)17(5)29(12-19-20(25)7-6-8-21(19)26)22(30)13-32-18-9-15(3)23(27)16(4)10-18/h6-10,14,17H,11-13H2,1-5H3,(H,28,31)/t17-/m0/s1. The van der Waals surface area contributed by atoms with E-state index >= 15 is 0 Å². The Hall–Kier alpha value is -1.95. The van der Waals surface area contributed by atoms with Crippen LogP contribution in [0.3, 0.4) is 0 Å². The van der Waals surface area contributed by atoms with E-state index in [9.17, 15) is 9.59 Å². The Morgan fingerprint density at radius 2 is 1.59 bits per heavy atom. The number of carbonyl (C=O) groups is 2. The van der Waals surface area contributed by atoms with Gasteiger partial charge in [0.2, 0.25) is 5.91 Å². The van der Waals surface area contributed by atoms with Gasteiger partial charge in [0.25, 0.3) is 5.91 Å². The first kappa shape index (κ1) is 26.3. The molecule has 32 heavy (non-hydrogen) atoms. The zero-order chi connectivity index (χ0) is 24.0. The van der Waals surface area contributed by atoms with E-state index in [2.05, 4.69) is 5.32 Å². The van der Waals surface area contributed by atoms with E-state index in [-0.39, 0.29) is 30.9 Å². The van der Waals surface area contributed by atoms with E-state index in [1.165, 1.54) is 4.90 Å². The van der Waals surface area contributed by atoms with Gasteiger partial charge in [-0.15, -0.1) is 0 Å². The fraction of sp³-hybridized carbons (Fsp3) is 0.417. The van der Waals surface area contributed by atoms with E-state index in [0.29, 0.717) is 32.9 Å². The number of nitrogens with one attached hydrogen (secondary N) is 1. The number of nitrogens with zero attached hydrogens (tertiary/aromatic N) is 1. The highest BCUT2D eigenvalue weighted by Crippen LogP contribution is 2.28. The van der Waals surface area contributed by atoms with Crippen LogP contribution in [0.1, 0.15) is 37.5 Å². The summed E-state index contributed by atoms with van der Waals surface area (Å²) in [5, 5.41) is 4.39. The molecule has 8 heteroatoms. The van der Waals surface area contributed by atoms with Gasteiger partial charge in [0, 0.05) is 33.7 Å². The van der Waals surface area contributed by atoms with Crippen LogP contribution in [0.4, 0.5) is 0 Å². The van der Waals surface area contributed by atoms with Gasteiger partial charge in [0.15, 0.2) is 6.61 Å². The number of rotatable bonds is 9. The summed E-state index contributed by atoms with van der Waals surface area (Å²) in [5.74, 6) is 0.199. The molecule has 0 heterocycles. The van der Waals surface area contributed by atoms with Gasteiger partial charge in [-0.3, -0.25) is 9.59 Å². The molecule has 0 saturated heterocycles. The van der Waals surface area contributed by atoms with Crippen LogP contribution in [-0.4, -0.2) is 35.9 Å². The van der Waals surface area contributed by atoms with Crippen molar-refractivity contribution in [3.8, 4) is 5.75 Å². The van der Waals surface area contributed by atoms with Crippen molar-refractivity contribution in [3.05, 3.63) is 62.1 Å². The lowest BCUT2D eigenvalue weighted by molar-refractivity contribution is -0.142. The van der Waals surface area contributed by atoms with Crippen molar-refractivity contribution in [2.75, 3.05) is 13.2 Å². The molecule has 2 amide bonds. The lowest BCUT2D eigenvalue weighted by atomic mass is 10.1. The molecule has 2 aromatic rings. The molecule has 0 aliphatic carbocycles. The van der Waals surface area contributed by atoms with Crippen molar-refractivity contribution in [3.63, 3.8) is 0 Å². The van der Waals surface area contributed by atoms with Gasteiger partial charge in [-0.1, -0.05) is 54.7 Å². The van der Waals surface area contributed by atoms with Crippen molar-refractivity contribution in [1.29, 1.82) is 0 Å². The van der Waals surface area contributed by atoms with E-state index < -0.39 is 6.04 Å². The highest BCUT2D eigenvalue weighted by molar-refractivity contribution is 6.36. The zero-order valence-electron chi connectivity index (χ0n) is 19.0. The Kier molecular flexibility index (Phi) is 9.68. The van der Waals surface area contributed by atoms with E-state index in [1.807, 2.05) is 27.7 Å². The lowest BCUT2D eigenvalue weighted by Crippen LogP contribution is -2.49. The monoisotopic (exact) mass is 498 g/mol. The molecule has 1 atom stereocenters. The number of amides is 2. The van der Waals surface area contributed by atoms with E-state index in [0.717, 1.165) is 11.1 Å². The largest absolute Gasteiger partial charge is 0.484 e. The van der Waals surface area contributed by atoms with Crippen LogP contribution >= 0.6 is 34.8 Å². The summed E-state index contributed by atoms with van der Waals surface area (Å²) in [5.41, 5.74) is 2.29. The Morgan fingerprint density at radius 3 is 2.12 bits per heavy atom. The predicted octanol–water partition coefficient (Wildman–Crippen LogP) is 5.83. The van der Waals surface area contributed by atoms with Crippen LogP contribution in [-0.2, 0) is 16.1 Å². The van der Waals surface area contributed by atoms with Gasteiger partial charge in [0.1, 0.15) is 11.8 Å². The number of halogens is 3. The summed E-state index contributed by atoms with van der Waals surface area (Å²) >= 11 is 18.9. The molecule has 0 spiro atoms. The van der Waals surface area contributed by atoms with Crippen LogP contribution in [0.2, 0.25) is 15.1 Å². The minimum absolute atomic E-state index is 0.0790. The molecule has 0 radical (unpaired) electrons. The first-order valence-electron chi connectivity index (χ1n) is 10.4. The molecular formula is C24H29Cl3N2O3. The molecule has 0 aromatic heterocycles. The third-order valence-corrected chi connectivity index (χ3v) is 6.32. The highest BCUT2D eigenvalue weighted by atomic mass is 35.5. The van der Waals surface area contributed by atoms with Crippen LogP contribution < -0.4 is 10.1 Å². The Balaban J connectivity index is 2.24. The van der Waals surface area contributed by atoms with Gasteiger partial charge < -0.3 is 15.0 Å². The second-order valence-corrected chi connectivity index (χ2v) is 9.39. The first-order valence-corrected chi connectivity index (χ1v) is 11.5. The van der Waals surface area contributed by atoms with Crippen molar-refractivity contribution in [1.82, 2.24) is 10.2 Å². The maximum Gasteiger partial charge on any atom is 0.261 e. The molecular weight excluding hydrogens is 471 g/mol. The summed E-state index contributed by atoms with van der Waals surface area (Å²) in [7, 11) is 0. The van der Waals surface area contributed by atoms with Crippen molar-refractivity contribution >= 4 is 46.6 Å². The van der Waals surface area contributed by atoms with Crippen LogP contribution in [0.25, 0.3) is 0 Å². The average molecular weight is 500 g/mol. The molecule has 0 unspecified atom stereocenters. The Morgan fingerprint density at radius 1 is 1.03 bits per heavy atom. The molecule has 0 fully saturated rings. The number of ether oxygens (including phenoxy) is 1. The highest BCUT2D eigenvalue weighted by Gasteiger charge is 2.28. The van der Waals surface area contributed by atoms with Gasteiger partial charge in [-0.25, -0.2) is 0 Å². The topological polar surface area (TPSA) is 58.6 Å². The fourth-order valence-electron chi connectivity index (χ4n) is 3.11. The van der Waals surface area contributed by atoms with Gasteiger partial charge in [-0.2, -0.15) is 0 Å². The molecule has 5 nitrogen and oxygen atoms in total. The maximum atomic E-state index is 13.2. The van der Waals surface area contributed by atoms with Gasteiger partial charge in [0.05, 0.1) is 0 Å². The van der Waals surface area contributed by atoms with Crippen LogP contribution in [0.5, 0.6) is 5.75 Å². The number of carbonyl (C=O) groups excluding carboxylic acids is 2. The quantitative estimate of drug-likeness (QED) is 0.472. The minimum atomic E-state index is -0.745. The summed E-state index contributed by atoms with van der Waals surface area (Å²) in [6.07, 6.45) is 0. The second-order valence-electron chi connectivity index (χ2n) is 8.20. The number of benzene rings is 2. The average Bonchev–Trinajstić information content (AvgIpc) is 2.73. The van der Waals surface area contributed by atoms with Crippen LogP contribution in [0, 0.1) is 19.8 Å². The third kappa shape index (κ3) is 7.03. The molecule has 1 N–H and O–H groups in total. The molecule has 2 aromatic carbocycles. The minimum Gasteiger partial charge on any atom is -0.484 e. The molecule has 0 saturated carbocycles. The second kappa shape index (κ2) is 11.8.